The van der Waals surface area contributed by atoms with Crippen LogP contribution in [0.15, 0.2) is 24.3 Å². The molecule has 14 heteroatoms. The number of benzene rings is 1. The summed E-state index contributed by atoms with van der Waals surface area (Å²) >= 11 is 0. The fourth-order valence-corrected chi connectivity index (χ4v) is 9.59. The van der Waals surface area contributed by atoms with Crippen LogP contribution in [-0.4, -0.2) is 138 Å². The van der Waals surface area contributed by atoms with Crippen molar-refractivity contribution in [2.24, 2.45) is 23.7 Å². The predicted octanol–water partition coefficient (Wildman–Crippen LogP) is 4.32. The molecule has 58 heavy (non-hydrogen) atoms. The standard InChI is InChI=1S/C44H73NO13/c1-15-32-44(11,51)37(48)26(5)34(46)24(3)21-43(10,53-14)39(58-41-35(47)31(20-25(4)54-41)45(12)30-19-17-16-18-23(30)2)27(6)36(28(7)40(50)56-32)57-33-22-42(9,52-13)38(49)29(8)55-33/h16-19,24-29,31-33,35-39,41,47-49,51H,15,20-22H2,1-14H3/t24-,25-,26+,27+,28-,29+,31+,32-,33+,35-,36+,37-,38+,39-,41+,42-,43+,44-/m1/s1. The summed E-state index contributed by atoms with van der Waals surface area (Å²) in [5, 5.41) is 46.4. The number of para-hydroxylation sites is 1. The van der Waals surface area contributed by atoms with Crippen molar-refractivity contribution < 1.29 is 63.2 Å². The Kier molecular flexibility index (Phi) is 16.0. The van der Waals surface area contributed by atoms with Crippen LogP contribution in [0.1, 0.15) is 100 Å². The summed E-state index contributed by atoms with van der Waals surface area (Å²) in [5.41, 5.74) is -2.32. The highest BCUT2D eigenvalue weighted by Crippen LogP contribution is 2.42. The number of hydrogen-bond donors (Lipinski definition) is 4. The molecule has 0 saturated carbocycles. The van der Waals surface area contributed by atoms with Gasteiger partial charge >= 0.3 is 5.97 Å². The lowest BCUT2D eigenvalue weighted by Crippen LogP contribution is -2.61. The van der Waals surface area contributed by atoms with Crippen LogP contribution in [0.2, 0.25) is 0 Å². The molecule has 3 fully saturated rings. The summed E-state index contributed by atoms with van der Waals surface area (Å²) in [7, 11) is 4.95. The maximum absolute atomic E-state index is 14.3. The first-order valence-corrected chi connectivity index (χ1v) is 21.0. The molecule has 0 aliphatic carbocycles. The van der Waals surface area contributed by atoms with Crippen LogP contribution in [0.4, 0.5) is 5.69 Å². The largest absolute Gasteiger partial charge is 0.459 e. The zero-order chi connectivity index (χ0) is 43.7. The molecular formula is C44H73NO13. The second kappa shape index (κ2) is 19.2. The highest BCUT2D eigenvalue weighted by atomic mass is 16.7. The van der Waals surface area contributed by atoms with Crippen LogP contribution < -0.4 is 4.90 Å². The fraction of sp³-hybridized carbons (Fsp3) is 0.818. The minimum absolute atomic E-state index is 0.0924. The first-order valence-electron chi connectivity index (χ1n) is 21.0. The van der Waals surface area contributed by atoms with E-state index in [9.17, 15) is 30.0 Å². The molecule has 3 aliphatic heterocycles. The number of likely N-dealkylation sites (N-methyl/N-ethyl adjacent to an activating group) is 1. The molecule has 1 aromatic carbocycles. The number of nitrogens with zero attached hydrogens (tertiary/aromatic N) is 1. The second-order valence-electron chi connectivity index (χ2n) is 18.1. The first-order chi connectivity index (χ1) is 27.0. The summed E-state index contributed by atoms with van der Waals surface area (Å²) in [4.78, 5) is 30.5. The number of rotatable bonds is 9. The second-order valence-corrected chi connectivity index (χ2v) is 18.1. The number of aryl methyl sites for hydroxylation is 1. The molecule has 332 valence electrons. The van der Waals surface area contributed by atoms with Crippen molar-refractivity contribution >= 4 is 17.4 Å². The number of Topliss-reactive ketones (excluding diaryl/α,β-unsaturated/α-hetero) is 1. The van der Waals surface area contributed by atoms with E-state index in [4.69, 9.17) is 33.2 Å². The molecule has 1 aromatic rings. The van der Waals surface area contributed by atoms with Crippen molar-refractivity contribution in [3.05, 3.63) is 29.8 Å². The number of ether oxygens (including phenoxy) is 7. The number of cyclic esters (lactones) is 1. The Hall–Kier alpha value is -2.24. The number of anilines is 1. The number of esters is 1. The first kappa shape index (κ1) is 48.4. The Morgan fingerprint density at radius 2 is 1.48 bits per heavy atom. The third-order valence-corrected chi connectivity index (χ3v) is 13.6. The van der Waals surface area contributed by atoms with Crippen LogP contribution in [0.3, 0.4) is 0 Å². The van der Waals surface area contributed by atoms with Gasteiger partial charge in [-0.25, -0.2) is 0 Å². The quantitative estimate of drug-likeness (QED) is 0.259. The van der Waals surface area contributed by atoms with Crippen LogP contribution in [-0.2, 0) is 42.7 Å². The molecule has 3 aliphatic rings. The maximum Gasteiger partial charge on any atom is 0.311 e. The van der Waals surface area contributed by atoms with Gasteiger partial charge < -0.3 is 58.5 Å². The zero-order valence-electron chi connectivity index (χ0n) is 37.2. The molecule has 0 amide bonds. The molecular weight excluding hydrogens is 750 g/mol. The summed E-state index contributed by atoms with van der Waals surface area (Å²) in [6.07, 6.45) is -9.19. The Morgan fingerprint density at radius 1 is 0.862 bits per heavy atom. The summed E-state index contributed by atoms with van der Waals surface area (Å²) in [6, 6.07) is 7.53. The summed E-state index contributed by atoms with van der Waals surface area (Å²) < 4.78 is 44.5. The number of carbonyl (C=O) groups excluding carboxylic acids is 2. The van der Waals surface area contributed by atoms with Crippen molar-refractivity contribution in [3.8, 4) is 0 Å². The van der Waals surface area contributed by atoms with E-state index in [2.05, 4.69) is 0 Å². The van der Waals surface area contributed by atoms with Crippen LogP contribution in [0.25, 0.3) is 0 Å². The number of ketones is 1. The van der Waals surface area contributed by atoms with E-state index in [1.165, 1.54) is 21.1 Å². The third-order valence-electron chi connectivity index (χ3n) is 13.6. The van der Waals surface area contributed by atoms with E-state index >= 15 is 0 Å². The lowest BCUT2D eigenvalue weighted by atomic mass is 9.74. The van der Waals surface area contributed by atoms with Crippen molar-refractivity contribution in [1.29, 1.82) is 0 Å². The number of hydrogen-bond acceptors (Lipinski definition) is 14. The van der Waals surface area contributed by atoms with Gasteiger partial charge in [-0.3, -0.25) is 9.59 Å². The van der Waals surface area contributed by atoms with Gasteiger partial charge in [-0.05, 0) is 79.4 Å². The van der Waals surface area contributed by atoms with Gasteiger partial charge in [-0.15, -0.1) is 0 Å². The molecule has 0 aromatic heterocycles. The maximum atomic E-state index is 14.3. The highest BCUT2D eigenvalue weighted by molar-refractivity contribution is 5.83. The van der Waals surface area contributed by atoms with Gasteiger partial charge in [-0.1, -0.05) is 45.9 Å². The van der Waals surface area contributed by atoms with Gasteiger partial charge in [0.1, 0.15) is 29.7 Å². The van der Waals surface area contributed by atoms with E-state index in [1.807, 2.05) is 57.0 Å². The van der Waals surface area contributed by atoms with Crippen LogP contribution >= 0.6 is 0 Å². The molecule has 0 radical (unpaired) electrons. The van der Waals surface area contributed by atoms with Crippen molar-refractivity contribution in [2.45, 2.75) is 186 Å². The van der Waals surface area contributed by atoms with Crippen molar-refractivity contribution in [2.75, 3.05) is 26.2 Å². The minimum Gasteiger partial charge on any atom is -0.459 e. The van der Waals surface area contributed by atoms with E-state index in [0.717, 1.165) is 11.3 Å². The minimum atomic E-state index is -1.98. The SMILES string of the molecule is CC[C@H]1OC(=O)[C@H](C)[C@@H](O[C@H]2C[C@@](C)(OC)[C@@H](O)[C@H](C)O2)[C@H](C)[C@@H](O[C@@H]2O[C@H](C)C[C@H](N(C)c3ccccc3C)[C@H]2O)[C@@](C)(OC)C[C@@H](C)C(=O)[C@H](C)[C@@H](O)[C@]1(C)O. The molecule has 0 spiro atoms. The Labute approximate surface area is 345 Å². The average Bonchev–Trinajstić information content (AvgIpc) is 3.18. The third kappa shape index (κ3) is 9.93. The molecule has 0 unspecified atom stereocenters. The smallest absolute Gasteiger partial charge is 0.311 e. The van der Waals surface area contributed by atoms with E-state index in [0.29, 0.717) is 6.42 Å². The molecule has 3 saturated heterocycles. The van der Waals surface area contributed by atoms with Gasteiger partial charge in [0.15, 0.2) is 12.6 Å². The van der Waals surface area contributed by atoms with Gasteiger partial charge in [-0.2, -0.15) is 0 Å². The molecule has 3 heterocycles. The number of aliphatic hydroxyl groups is 4. The highest BCUT2D eigenvalue weighted by Gasteiger charge is 2.54. The van der Waals surface area contributed by atoms with Gasteiger partial charge in [0.25, 0.3) is 0 Å². The average molecular weight is 824 g/mol. The Bertz CT molecular complexity index is 1530. The number of carbonyl (C=O) groups is 2. The number of methoxy groups -OCH3 is 2. The zero-order valence-corrected chi connectivity index (χ0v) is 37.2. The molecule has 14 nitrogen and oxygen atoms in total. The Balaban J connectivity index is 1.86. The lowest BCUT2D eigenvalue weighted by Gasteiger charge is -2.50. The van der Waals surface area contributed by atoms with Crippen LogP contribution in [0, 0.1) is 30.6 Å². The topological polar surface area (TPSA) is 183 Å². The monoisotopic (exact) mass is 824 g/mol. The normalized spacial score (nSPS) is 45.0. The summed E-state index contributed by atoms with van der Waals surface area (Å²) in [6.45, 7) is 19.1. The predicted molar refractivity (Wildman–Crippen MR) is 217 cm³/mol. The van der Waals surface area contributed by atoms with Crippen LogP contribution in [0.5, 0.6) is 0 Å². The van der Waals surface area contributed by atoms with Gasteiger partial charge in [0.2, 0.25) is 0 Å². The molecule has 4 rings (SSSR count). The lowest BCUT2D eigenvalue weighted by molar-refractivity contribution is -0.316. The summed E-state index contributed by atoms with van der Waals surface area (Å²) in [5.74, 6) is -4.58. The molecule has 4 N–H and O–H groups in total. The molecule has 18 atom stereocenters. The van der Waals surface area contributed by atoms with Crippen molar-refractivity contribution in [1.82, 2.24) is 0 Å². The number of aliphatic hydroxyl groups excluding tert-OH is 3. The van der Waals surface area contributed by atoms with Gasteiger partial charge in [0, 0.05) is 51.1 Å². The van der Waals surface area contributed by atoms with E-state index in [1.54, 1.807) is 48.5 Å². The van der Waals surface area contributed by atoms with Gasteiger partial charge in [0.05, 0.1) is 53.7 Å². The fourth-order valence-electron chi connectivity index (χ4n) is 9.59. The van der Waals surface area contributed by atoms with E-state index < -0.39 is 108 Å². The molecule has 0 bridgehead atoms. The van der Waals surface area contributed by atoms with E-state index in [-0.39, 0.29) is 31.1 Å². The van der Waals surface area contributed by atoms with Crippen molar-refractivity contribution in [3.63, 3.8) is 0 Å². The Morgan fingerprint density at radius 3 is 2.07 bits per heavy atom.